The molecule has 2 aromatic carbocycles. The fourth-order valence-corrected chi connectivity index (χ4v) is 1.97. The molecule has 0 aliphatic carbocycles. The van der Waals surface area contributed by atoms with Crippen LogP contribution in [0.4, 0.5) is 5.69 Å². The molecule has 0 saturated carbocycles. The van der Waals surface area contributed by atoms with Gasteiger partial charge in [-0.15, -0.1) is 0 Å². The van der Waals surface area contributed by atoms with Gasteiger partial charge in [0.2, 0.25) is 5.91 Å². The number of amides is 2. The van der Waals surface area contributed by atoms with Crippen molar-refractivity contribution < 1.29 is 9.59 Å². The quantitative estimate of drug-likeness (QED) is 0.741. The summed E-state index contributed by atoms with van der Waals surface area (Å²) in [6, 6.07) is 15.4. The first-order valence-corrected chi connectivity index (χ1v) is 7.47. The zero-order valence-corrected chi connectivity index (χ0v) is 13.3. The van der Waals surface area contributed by atoms with Gasteiger partial charge in [-0.3, -0.25) is 20.4 Å². The Labute approximate surface area is 136 Å². The summed E-state index contributed by atoms with van der Waals surface area (Å²) in [7, 11) is 0. The molecule has 120 valence electrons. The second kappa shape index (κ2) is 7.98. The third-order valence-electron chi connectivity index (χ3n) is 3.33. The molecule has 3 N–H and O–H groups in total. The maximum absolute atomic E-state index is 11.8. The van der Waals surface area contributed by atoms with Gasteiger partial charge in [-0.05, 0) is 31.5 Å². The van der Waals surface area contributed by atoms with Gasteiger partial charge in [0.05, 0.1) is 13.0 Å². The zero-order chi connectivity index (χ0) is 16.7. The number of anilines is 1. The summed E-state index contributed by atoms with van der Waals surface area (Å²) in [6.07, 6.45) is 0.228. The van der Waals surface area contributed by atoms with Crippen LogP contribution < -0.4 is 16.2 Å². The van der Waals surface area contributed by atoms with Crippen LogP contribution >= 0.6 is 0 Å². The number of carbonyl (C=O) groups is 2. The highest BCUT2D eigenvalue weighted by molar-refractivity contribution is 5.85. The van der Waals surface area contributed by atoms with Crippen molar-refractivity contribution in [3.8, 4) is 0 Å². The Kier molecular flexibility index (Phi) is 5.74. The highest BCUT2D eigenvalue weighted by atomic mass is 16.2. The molecule has 2 aromatic rings. The van der Waals surface area contributed by atoms with Gasteiger partial charge < -0.3 is 5.32 Å². The van der Waals surface area contributed by atoms with E-state index in [1.165, 1.54) is 0 Å². The van der Waals surface area contributed by atoms with Crippen LogP contribution in [-0.2, 0) is 16.0 Å². The first-order chi connectivity index (χ1) is 11.0. The number of hydrogen-bond donors (Lipinski definition) is 3. The Morgan fingerprint density at radius 2 is 1.30 bits per heavy atom. The van der Waals surface area contributed by atoms with E-state index in [0.29, 0.717) is 0 Å². The summed E-state index contributed by atoms with van der Waals surface area (Å²) < 4.78 is 0. The maximum atomic E-state index is 11.8. The summed E-state index contributed by atoms with van der Waals surface area (Å²) in [6.45, 7) is 4.08. The van der Waals surface area contributed by atoms with Crippen LogP contribution in [0.2, 0.25) is 0 Å². The van der Waals surface area contributed by atoms with Crippen LogP contribution in [0, 0.1) is 13.8 Å². The lowest BCUT2D eigenvalue weighted by molar-refractivity contribution is -0.127. The molecule has 0 aliphatic heterocycles. The van der Waals surface area contributed by atoms with Crippen LogP contribution in [-0.4, -0.2) is 18.4 Å². The monoisotopic (exact) mass is 311 g/mol. The van der Waals surface area contributed by atoms with Crippen molar-refractivity contribution in [2.75, 3.05) is 11.9 Å². The first kappa shape index (κ1) is 16.5. The Balaban J connectivity index is 1.70. The van der Waals surface area contributed by atoms with Gasteiger partial charge in [-0.2, -0.15) is 0 Å². The summed E-state index contributed by atoms with van der Waals surface area (Å²) >= 11 is 0. The van der Waals surface area contributed by atoms with E-state index in [2.05, 4.69) is 16.2 Å². The average molecular weight is 311 g/mol. The molecule has 0 fully saturated rings. The minimum atomic E-state index is -0.303. The van der Waals surface area contributed by atoms with Crippen LogP contribution in [0.15, 0.2) is 48.5 Å². The molecule has 0 radical (unpaired) electrons. The molecule has 0 saturated heterocycles. The smallest absolute Gasteiger partial charge is 0.257 e. The number of hydrogen-bond acceptors (Lipinski definition) is 3. The number of benzene rings is 2. The SMILES string of the molecule is Cc1ccc(CC(=O)NNC(=O)CNc2ccc(C)cc2)cc1. The van der Waals surface area contributed by atoms with Crippen LogP contribution in [0.25, 0.3) is 0 Å². The van der Waals surface area contributed by atoms with Crippen molar-refractivity contribution in [3.63, 3.8) is 0 Å². The van der Waals surface area contributed by atoms with Gasteiger partial charge in [-0.25, -0.2) is 0 Å². The number of carbonyl (C=O) groups excluding carboxylic acids is 2. The van der Waals surface area contributed by atoms with Crippen molar-refractivity contribution in [1.29, 1.82) is 0 Å². The molecule has 0 aliphatic rings. The van der Waals surface area contributed by atoms with Crippen molar-refractivity contribution >= 4 is 17.5 Å². The fourth-order valence-electron chi connectivity index (χ4n) is 1.97. The number of hydrazine groups is 1. The van der Waals surface area contributed by atoms with Crippen molar-refractivity contribution in [2.45, 2.75) is 20.3 Å². The molecule has 0 atom stereocenters. The van der Waals surface area contributed by atoms with Crippen LogP contribution in [0.3, 0.4) is 0 Å². The Hall–Kier alpha value is -2.82. The molecule has 5 heteroatoms. The number of rotatable bonds is 5. The second-order valence-electron chi connectivity index (χ2n) is 5.48. The Bertz CT molecular complexity index is 664. The molecule has 5 nitrogen and oxygen atoms in total. The van der Waals surface area contributed by atoms with E-state index in [-0.39, 0.29) is 24.8 Å². The van der Waals surface area contributed by atoms with E-state index in [1.807, 2.05) is 62.4 Å². The van der Waals surface area contributed by atoms with Gasteiger partial charge in [0.15, 0.2) is 0 Å². The van der Waals surface area contributed by atoms with E-state index in [9.17, 15) is 9.59 Å². The molecule has 23 heavy (non-hydrogen) atoms. The van der Waals surface area contributed by atoms with E-state index in [1.54, 1.807) is 0 Å². The van der Waals surface area contributed by atoms with Crippen molar-refractivity contribution in [1.82, 2.24) is 10.9 Å². The molecule has 0 aromatic heterocycles. The highest BCUT2D eigenvalue weighted by Crippen LogP contribution is 2.07. The zero-order valence-electron chi connectivity index (χ0n) is 13.3. The third-order valence-corrected chi connectivity index (χ3v) is 3.33. The number of aryl methyl sites for hydroxylation is 2. The molecule has 2 rings (SSSR count). The Morgan fingerprint density at radius 1 is 0.783 bits per heavy atom. The largest absolute Gasteiger partial charge is 0.376 e. The van der Waals surface area contributed by atoms with Crippen LogP contribution in [0.5, 0.6) is 0 Å². The average Bonchev–Trinajstić information content (AvgIpc) is 2.54. The normalized spacial score (nSPS) is 10.0. The van der Waals surface area contributed by atoms with E-state index >= 15 is 0 Å². The summed E-state index contributed by atoms with van der Waals surface area (Å²) in [5.74, 6) is -0.555. The lowest BCUT2D eigenvalue weighted by Crippen LogP contribution is -2.44. The lowest BCUT2D eigenvalue weighted by atomic mass is 10.1. The predicted octanol–water partition coefficient (Wildman–Crippen LogP) is 2.11. The van der Waals surface area contributed by atoms with E-state index in [0.717, 1.165) is 22.4 Å². The molecular weight excluding hydrogens is 290 g/mol. The molecule has 0 bridgehead atoms. The standard InChI is InChI=1S/C18H21N3O2/c1-13-3-7-15(8-4-13)11-17(22)20-21-18(23)12-19-16-9-5-14(2)6-10-16/h3-10,19H,11-12H2,1-2H3,(H,20,22)(H,21,23). The van der Waals surface area contributed by atoms with Gasteiger partial charge in [0, 0.05) is 5.69 Å². The maximum Gasteiger partial charge on any atom is 0.257 e. The third kappa shape index (κ3) is 5.82. The summed E-state index contributed by atoms with van der Waals surface area (Å²) in [5.41, 5.74) is 8.87. The van der Waals surface area contributed by atoms with E-state index in [4.69, 9.17) is 0 Å². The lowest BCUT2D eigenvalue weighted by Gasteiger charge is -2.09. The molecule has 0 unspecified atom stereocenters. The van der Waals surface area contributed by atoms with Gasteiger partial charge >= 0.3 is 0 Å². The summed E-state index contributed by atoms with van der Waals surface area (Å²) in [4.78, 5) is 23.5. The van der Waals surface area contributed by atoms with Gasteiger partial charge in [0.25, 0.3) is 5.91 Å². The topological polar surface area (TPSA) is 70.2 Å². The van der Waals surface area contributed by atoms with E-state index < -0.39 is 0 Å². The predicted molar refractivity (Wildman–Crippen MR) is 90.8 cm³/mol. The fraction of sp³-hybridized carbons (Fsp3) is 0.222. The molecule has 0 heterocycles. The van der Waals surface area contributed by atoms with Crippen LogP contribution in [0.1, 0.15) is 16.7 Å². The molecule has 0 spiro atoms. The molecular formula is C18H21N3O2. The summed E-state index contributed by atoms with van der Waals surface area (Å²) in [5, 5.41) is 2.99. The minimum absolute atomic E-state index is 0.0911. The minimum Gasteiger partial charge on any atom is -0.376 e. The van der Waals surface area contributed by atoms with Crippen molar-refractivity contribution in [2.24, 2.45) is 0 Å². The highest BCUT2D eigenvalue weighted by Gasteiger charge is 2.05. The second-order valence-corrected chi connectivity index (χ2v) is 5.48. The number of nitrogens with one attached hydrogen (secondary N) is 3. The Morgan fingerprint density at radius 3 is 1.91 bits per heavy atom. The van der Waals surface area contributed by atoms with Gasteiger partial charge in [-0.1, -0.05) is 47.5 Å². The van der Waals surface area contributed by atoms with Crippen molar-refractivity contribution in [3.05, 3.63) is 65.2 Å². The molecule has 2 amide bonds. The van der Waals surface area contributed by atoms with Gasteiger partial charge in [0.1, 0.15) is 0 Å². The first-order valence-electron chi connectivity index (χ1n) is 7.47.